The van der Waals surface area contributed by atoms with E-state index in [0.29, 0.717) is 11.4 Å². The Labute approximate surface area is 160 Å². The predicted octanol–water partition coefficient (Wildman–Crippen LogP) is 1.32. The quantitative estimate of drug-likeness (QED) is 0.555. The minimum Gasteiger partial charge on any atom is -0.383 e. The van der Waals surface area contributed by atoms with Crippen LogP contribution >= 0.6 is 0 Å². The highest BCUT2D eigenvalue weighted by molar-refractivity contribution is 7.90. The number of sulfonamides is 1. The lowest BCUT2D eigenvalue weighted by atomic mass is 10.3. The Bertz CT molecular complexity index is 1190. The SMILES string of the molecule is CC(=O)NS(=O)(=O)c1ccc(N=Cc2c(N)[nH]n(-c3ccccc3)c2=O)cc1. The summed E-state index contributed by atoms with van der Waals surface area (Å²) in [6.07, 6.45) is 1.31. The van der Waals surface area contributed by atoms with Gasteiger partial charge in [-0.05, 0) is 36.4 Å². The second kappa shape index (κ2) is 7.53. The first-order valence-corrected chi connectivity index (χ1v) is 9.60. The second-order valence-corrected chi connectivity index (χ2v) is 7.51. The Kier molecular flexibility index (Phi) is 5.14. The molecule has 0 saturated carbocycles. The minimum atomic E-state index is -3.91. The maximum Gasteiger partial charge on any atom is 0.282 e. The van der Waals surface area contributed by atoms with Crippen LogP contribution in [0.1, 0.15) is 12.5 Å². The average molecular weight is 399 g/mol. The third kappa shape index (κ3) is 4.01. The molecule has 4 N–H and O–H groups in total. The van der Waals surface area contributed by atoms with E-state index in [-0.39, 0.29) is 21.8 Å². The fraction of sp³-hybridized carbons (Fsp3) is 0.0556. The monoisotopic (exact) mass is 399 g/mol. The standard InChI is InChI=1S/C18H17N5O4S/c1-12(24)22-28(26,27)15-9-7-13(8-10-15)20-11-16-17(19)21-23(18(16)25)14-5-3-2-4-6-14/h2-11,21H,19H2,1H3,(H,22,24). The molecule has 9 nitrogen and oxygen atoms in total. The number of aliphatic imine (C=N–C) groups is 1. The van der Waals surface area contributed by atoms with Gasteiger partial charge in [0.05, 0.1) is 16.3 Å². The summed E-state index contributed by atoms with van der Waals surface area (Å²) in [5.74, 6) is -0.526. The van der Waals surface area contributed by atoms with Crippen molar-refractivity contribution in [3.63, 3.8) is 0 Å². The predicted molar refractivity (Wildman–Crippen MR) is 106 cm³/mol. The van der Waals surface area contributed by atoms with Crippen LogP contribution in [0, 0.1) is 0 Å². The number of hydrogen-bond acceptors (Lipinski definition) is 6. The van der Waals surface area contributed by atoms with E-state index < -0.39 is 15.9 Å². The number of rotatable bonds is 5. The fourth-order valence-electron chi connectivity index (χ4n) is 2.45. The molecule has 3 aromatic rings. The van der Waals surface area contributed by atoms with Gasteiger partial charge in [-0.25, -0.2) is 17.8 Å². The van der Waals surface area contributed by atoms with Crippen LogP contribution < -0.4 is 16.0 Å². The van der Waals surface area contributed by atoms with Crippen LogP contribution in [0.4, 0.5) is 11.5 Å². The van der Waals surface area contributed by atoms with E-state index in [2.05, 4.69) is 10.1 Å². The van der Waals surface area contributed by atoms with Gasteiger partial charge in [-0.1, -0.05) is 18.2 Å². The molecule has 10 heteroatoms. The molecule has 0 radical (unpaired) electrons. The summed E-state index contributed by atoms with van der Waals surface area (Å²) in [5, 5.41) is 2.78. The summed E-state index contributed by atoms with van der Waals surface area (Å²) in [4.78, 5) is 27.6. The van der Waals surface area contributed by atoms with Crippen molar-refractivity contribution in [2.24, 2.45) is 4.99 Å². The van der Waals surface area contributed by atoms with Crippen LogP contribution in [-0.2, 0) is 14.8 Å². The van der Waals surface area contributed by atoms with Crippen molar-refractivity contribution in [2.75, 3.05) is 5.73 Å². The van der Waals surface area contributed by atoms with E-state index in [1.165, 1.54) is 35.2 Å². The highest BCUT2D eigenvalue weighted by atomic mass is 32.2. The van der Waals surface area contributed by atoms with Gasteiger partial charge in [0, 0.05) is 13.1 Å². The fourth-order valence-corrected chi connectivity index (χ4v) is 3.44. The maximum absolute atomic E-state index is 12.5. The summed E-state index contributed by atoms with van der Waals surface area (Å²) >= 11 is 0. The molecule has 0 fully saturated rings. The lowest BCUT2D eigenvalue weighted by Crippen LogP contribution is -2.28. The van der Waals surface area contributed by atoms with Crippen LogP contribution in [0.3, 0.4) is 0 Å². The van der Waals surface area contributed by atoms with E-state index in [9.17, 15) is 18.0 Å². The number of nitrogens with two attached hydrogens (primary N) is 1. The van der Waals surface area contributed by atoms with Gasteiger partial charge in [-0.2, -0.15) is 0 Å². The first kappa shape index (κ1) is 19.1. The summed E-state index contributed by atoms with van der Waals surface area (Å²) in [6.45, 7) is 1.11. The van der Waals surface area contributed by atoms with Crippen molar-refractivity contribution in [1.29, 1.82) is 0 Å². The van der Waals surface area contributed by atoms with E-state index in [4.69, 9.17) is 5.73 Å². The van der Waals surface area contributed by atoms with Crippen LogP contribution in [0.25, 0.3) is 5.69 Å². The van der Waals surface area contributed by atoms with Crippen molar-refractivity contribution < 1.29 is 13.2 Å². The lowest BCUT2D eigenvalue weighted by molar-refractivity contribution is -0.117. The molecule has 0 atom stereocenters. The van der Waals surface area contributed by atoms with E-state index in [1.807, 2.05) is 10.8 Å². The molecule has 0 spiro atoms. The smallest absolute Gasteiger partial charge is 0.282 e. The number of H-pyrrole nitrogens is 1. The van der Waals surface area contributed by atoms with Crippen LogP contribution in [0.5, 0.6) is 0 Å². The molecule has 2 aromatic carbocycles. The summed E-state index contributed by atoms with van der Waals surface area (Å²) in [6, 6.07) is 14.4. The molecule has 1 aromatic heterocycles. The van der Waals surface area contributed by atoms with E-state index in [1.54, 1.807) is 24.3 Å². The molecule has 0 aliphatic heterocycles. The van der Waals surface area contributed by atoms with Gasteiger partial charge in [0.2, 0.25) is 5.91 Å². The Morgan fingerprint density at radius 1 is 1.14 bits per heavy atom. The highest BCUT2D eigenvalue weighted by Gasteiger charge is 2.15. The summed E-state index contributed by atoms with van der Waals surface area (Å²) in [7, 11) is -3.91. The molecule has 1 amide bonds. The molecular weight excluding hydrogens is 382 g/mol. The first-order valence-electron chi connectivity index (χ1n) is 8.11. The molecule has 0 unspecified atom stereocenters. The van der Waals surface area contributed by atoms with Gasteiger partial charge in [0.25, 0.3) is 15.6 Å². The van der Waals surface area contributed by atoms with Gasteiger partial charge < -0.3 is 5.73 Å². The van der Waals surface area contributed by atoms with Crippen molar-refractivity contribution in [2.45, 2.75) is 11.8 Å². The maximum atomic E-state index is 12.5. The molecule has 0 aliphatic rings. The van der Waals surface area contributed by atoms with Crippen LogP contribution in [0.15, 0.2) is 69.3 Å². The van der Waals surface area contributed by atoms with Gasteiger partial charge in [-0.15, -0.1) is 0 Å². The summed E-state index contributed by atoms with van der Waals surface area (Å²) in [5.41, 5.74) is 6.74. The van der Waals surface area contributed by atoms with Gasteiger partial charge in [0.1, 0.15) is 11.4 Å². The number of nitrogens with one attached hydrogen (secondary N) is 2. The van der Waals surface area contributed by atoms with Gasteiger partial charge >= 0.3 is 0 Å². The third-order valence-corrected chi connectivity index (χ3v) is 5.19. The zero-order valence-corrected chi connectivity index (χ0v) is 15.6. The molecule has 1 heterocycles. The average Bonchev–Trinajstić information content (AvgIpc) is 2.94. The highest BCUT2D eigenvalue weighted by Crippen LogP contribution is 2.17. The number of aromatic amines is 1. The lowest BCUT2D eigenvalue weighted by Gasteiger charge is -2.04. The van der Waals surface area contributed by atoms with Gasteiger partial charge in [-0.3, -0.25) is 19.7 Å². The molecule has 0 aliphatic carbocycles. The molecule has 28 heavy (non-hydrogen) atoms. The van der Waals surface area contributed by atoms with Crippen LogP contribution in [0.2, 0.25) is 0 Å². The topological polar surface area (TPSA) is 139 Å². The third-order valence-electron chi connectivity index (χ3n) is 3.74. The second-order valence-electron chi connectivity index (χ2n) is 5.83. The summed E-state index contributed by atoms with van der Waals surface area (Å²) < 4.78 is 27.0. The zero-order chi connectivity index (χ0) is 20.3. The molecule has 0 saturated heterocycles. The molecule has 144 valence electrons. The van der Waals surface area contributed by atoms with Crippen molar-refractivity contribution in [3.05, 3.63) is 70.5 Å². The largest absolute Gasteiger partial charge is 0.383 e. The number of benzene rings is 2. The van der Waals surface area contributed by atoms with Crippen LogP contribution in [-0.4, -0.2) is 30.3 Å². The minimum absolute atomic E-state index is 0.0748. The Hall–Kier alpha value is -3.66. The van der Waals surface area contributed by atoms with Crippen molar-refractivity contribution in [3.8, 4) is 5.69 Å². The van der Waals surface area contributed by atoms with Crippen molar-refractivity contribution in [1.82, 2.24) is 14.5 Å². The zero-order valence-electron chi connectivity index (χ0n) is 14.8. The molecular formula is C18H17N5O4S. The number of carbonyl (C=O) groups is 1. The van der Waals surface area contributed by atoms with Gasteiger partial charge in [0.15, 0.2) is 0 Å². The Morgan fingerprint density at radius 3 is 2.39 bits per heavy atom. The number of amides is 1. The number of hydrogen-bond donors (Lipinski definition) is 3. The van der Waals surface area contributed by atoms with E-state index >= 15 is 0 Å². The number of nitrogens with zero attached hydrogens (tertiary/aromatic N) is 2. The first-order chi connectivity index (χ1) is 13.3. The number of aromatic nitrogens is 2. The number of nitrogen functional groups attached to an aromatic ring is 1. The number of carbonyl (C=O) groups excluding carboxylic acids is 1. The Morgan fingerprint density at radius 2 is 1.79 bits per heavy atom. The normalized spacial score (nSPS) is 11.6. The van der Waals surface area contributed by atoms with E-state index in [0.717, 1.165) is 6.92 Å². The Balaban J connectivity index is 1.86. The number of anilines is 1. The van der Waals surface area contributed by atoms with Crippen molar-refractivity contribution >= 4 is 33.7 Å². The molecule has 0 bridgehead atoms. The molecule has 3 rings (SSSR count). The number of para-hydroxylation sites is 1.